The summed E-state index contributed by atoms with van der Waals surface area (Å²) in [5.41, 5.74) is 1.84. The van der Waals surface area contributed by atoms with E-state index < -0.39 is 0 Å². The second-order valence-electron chi connectivity index (χ2n) is 2.58. The Balaban J connectivity index is 2.33. The van der Waals surface area contributed by atoms with Crippen LogP contribution in [0.5, 0.6) is 5.75 Å². The van der Waals surface area contributed by atoms with Gasteiger partial charge in [-0.05, 0) is 24.3 Å². The highest BCUT2D eigenvalue weighted by Gasteiger charge is 1.98. The van der Waals surface area contributed by atoms with Gasteiger partial charge in [0.25, 0.3) is 0 Å². The molecule has 2 heterocycles. The molecule has 0 radical (unpaired) electrons. The van der Waals surface area contributed by atoms with Gasteiger partial charge in [-0.3, -0.25) is 4.98 Å². The maximum Gasteiger partial charge on any atom is 0.165 e. The summed E-state index contributed by atoms with van der Waals surface area (Å²) in [6.45, 7) is 0. The monoisotopic (exact) mass is 175 g/mol. The Morgan fingerprint density at radius 3 is 2.77 bits per heavy atom. The molecule has 0 unspecified atom stereocenters. The second kappa shape index (κ2) is 3.28. The summed E-state index contributed by atoms with van der Waals surface area (Å²) in [5.74, 6) is 5.52. The first-order valence-electron chi connectivity index (χ1n) is 3.87. The molecule has 0 saturated carbocycles. The highest BCUT2D eigenvalue weighted by Crippen LogP contribution is 2.16. The third-order valence-electron chi connectivity index (χ3n) is 1.75. The Labute approximate surface area is 75.3 Å². The Kier molecular flexibility index (Phi) is 1.97. The van der Waals surface area contributed by atoms with Crippen molar-refractivity contribution in [3.8, 4) is 17.1 Å². The molecule has 0 aliphatic carbocycles. The summed E-state index contributed by atoms with van der Waals surface area (Å²) >= 11 is 0. The highest BCUT2D eigenvalue weighted by molar-refractivity contribution is 5.54. The van der Waals surface area contributed by atoms with Crippen LogP contribution in [0.4, 0.5) is 0 Å². The molecule has 2 rings (SSSR count). The average molecular weight is 175 g/mol. The molecule has 66 valence electrons. The quantitative estimate of drug-likeness (QED) is 0.677. The fourth-order valence-corrected chi connectivity index (χ4v) is 1.10. The van der Waals surface area contributed by atoms with Crippen molar-refractivity contribution < 1.29 is 4.84 Å². The molecule has 13 heavy (non-hydrogen) atoms. The minimum absolute atomic E-state index is 0.551. The van der Waals surface area contributed by atoms with Gasteiger partial charge in [-0.2, -0.15) is 5.90 Å². The van der Waals surface area contributed by atoms with Crippen LogP contribution in [0.1, 0.15) is 0 Å². The molecule has 0 aliphatic rings. The van der Waals surface area contributed by atoms with Crippen LogP contribution in [0.25, 0.3) is 11.4 Å². The smallest absolute Gasteiger partial charge is 0.165 e. The van der Waals surface area contributed by atoms with Crippen molar-refractivity contribution >= 4 is 0 Å². The van der Waals surface area contributed by atoms with E-state index in [1.54, 1.807) is 12.3 Å². The predicted octanol–water partition coefficient (Wildman–Crippen LogP) is 1.33. The molecule has 2 aromatic heterocycles. The van der Waals surface area contributed by atoms with Crippen molar-refractivity contribution in [1.29, 1.82) is 0 Å². The zero-order valence-corrected chi connectivity index (χ0v) is 6.90. The van der Waals surface area contributed by atoms with Gasteiger partial charge in [0, 0.05) is 6.20 Å². The number of aromatic nitrogens is 2. The lowest BCUT2D eigenvalue weighted by molar-refractivity contribution is 0.333. The Morgan fingerprint density at radius 2 is 2.23 bits per heavy atom. The lowest BCUT2D eigenvalue weighted by atomic mass is 10.3. The largest absolute Gasteiger partial charge is 0.410 e. The van der Waals surface area contributed by atoms with Crippen LogP contribution in [0.15, 0.2) is 36.7 Å². The maximum atomic E-state index is 4.97. The number of rotatable bonds is 2. The van der Waals surface area contributed by atoms with E-state index in [-0.39, 0.29) is 0 Å². The lowest BCUT2D eigenvalue weighted by Crippen LogP contribution is -2.01. The standard InChI is InChI=1S/C9H9N3O/c10-13-7-3-4-9(12-6-7)8-2-1-5-11-8/h1-6,11H,10H2. The van der Waals surface area contributed by atoms with Gasteiger partial charge in [-0.25, -0.2) is 0 Å². The zero-order valence-electron chi connectivity index (χ0n) is 6.90. The summed E-state index contributed by atoms with van der Waals surface area (Å²) in [6, 6.07) is 7.48. The number of hydrogen-bond donors (Lipinski definition) is 2. The molecular formula is C9H9N3O. The van der Waals surface area contributed by atoms with E-state index in [9.17, 15) is 0 Å². The molecule has 0 fully saturated rings. The molecule has 0 saturated heterocycles. The number of pyridine rings is 1. The molecule has 0 aliphatic heterocycles. The third-order valence-corrected chi connectivity index (χ3v) is 1.75. The first-order valence-corrected chi connectivity index (χ1v) is 3.87. The number of hydrogen-bond acceptors (Lipinski definition) is 3. The van der Waals surface area contributed by atoms with Crippen molar-refractivity contribution in [3.63, 3.8) is 0 Å². The summed E-state index contributed by atoms with van der Waals surface area (Å²) in [6.07, 6.45) is 3.43. The van der Waals surface area contributed by atoms with Crippen LogP contribution in [0.2, 0.25) is 0 Å². The van der Waals surface area contributed by atoms with Crippen LogP contribution >= 0.6 is 0 Å². The van der Waals surface area contributed by atoms with Gasteiger partial charge < -0.3 is 9.82 Å². The lowest BCUT2D eigenvalue weighted by Gasteiger charge is -1.99. The average Bonchev–Trinajstić information content (AvgIpc) is 2.71. The Hall–Kier alpha value is -1.81. The van der Waals surface area contributed by atoms with Gasteiger partial charge in [0.1, 0.15) is 0 Å². The molecule has 0 atom stereocenters. The predicted molar refractivity (Wildman–Crippen MR) is 48.8 cm³/mol. The van der Waals surface area contributed by atoms with Crippen molar-refractivity contribution in [2.24, 2.45) is 5.90 Å². The SMILES string of the molecule is NOc1ccc(-c2ccc[nH]2)nc1. The normalized spacial score (nSPS) is 9.92. The van der Waals surface area contributed by atoms with E-state index in [0.717, 1.165) is 11.4 Å². The molecule has 0 spiro atoms. The molecule has 4 nitrogen and oxygen atoms in total. The van der Waals surface area contributed by atoms with Gasteiger partial charge in [0.2, 0.25) is 0 Å². The summed E-state index contributed by atoms with van der Waals surface area (Å²) in [5, 5.41) is 0. The van der Waals surface area contributed by atoms with Crippen molar-refractivity contribution in [1.82, 2.24) is 9.97 Å². The first-order chi connectivity index (χ1) is 6.40. The van der Waals surface area contributed by atoms with E-state index in [1.165, 1.54) is 0 Å². The first kappa shape index (κ1) is 7.82. The molecule has 2 aromatic rings. The van der Waals surface area contributed by atoms with Crippen molar-refractivity contribution in [2.75, 3.05) is 0 Å². The number of nitrogens with two attached hydrogens (primary N) is 1. The highest BCUT2D eigenvalue weighted by atomic mass is 16.6. The van der Waals surface area contributed by atoms with Crippen molar-refractivity contribution in [3.05, 3.63) is 36.7 Å². The third kappa shape index (κ3) is 1.52. The number of nitrogens with one attached hydrogen (secondary N) is 1. The van der Waals surface area contributed by atoms with E-state index in [2.05, 4.69) is 14.8 Å². The van der Waals surface area contributed by atoms with E-state index in [4.69, 9.17) is 5.90 Å². The Morgan fingerprint density at radius 1 is 1.31 bits per heavy atom. The molecule has 0 bridgehead atoms. The fraction of sp³-hybridized carbons (Fsp3) is 0. The van der Waals surface area contributed by atoms with Crippen LogP contribution in [-0.2, 0) is 0 Å². The van der Waals surface area contributed by atoms with E-state index >= 15 is 0 Å². The summed E-state index contributed by atoms with van der Waals surface area (Å²) in [4.78, 5) is 11.7. The molecule has 0 aromatic carbocycles. The van der Waals surface area contributed by atoms with Gasteiger partial charge >= 0.3 is 0 Å². The number of H-pyrrole nitrogens is 1. The molecular weight excluding hydrogens is 166 g/mol. The van der Waals surface area contributed by atoms with Crippen LogP contribution in [-0.4, -0.2) is 9.97 Å². The fourth-order valence-electron chi connectivity index (χ4n) is 1.10. The van der Waals surface area contributed by atoms with E-state index in [1.807, 2.05) is 24.4 Å². The summed E-state index contributed by atoms with van der Waals surface area (Å²) < 4.78 is 0. The summed E-state index contributed by atoms with van der Waals surface area (Å²) in [7, 11) is 0. The number of nitrogens with zero attached hydrogens (tertiary/aromatic N) is 1. The van der Waals surface area contributed by atoms with Crippen LogP contribution in [0.3, 0.4) is 0 Å². The minimum atomic E-state index is 0.551. The van der Waals surface area contributed by atoms with Crippen molar-refractivity contribution in [2.45, 2.75) is 0 Å². The van der Waals surface area contributed by atoms with Gasteiger partial charge in [0.05, 0.1) is 17.6 Å². The van der Waals surface area contributed by atoms with Crippen LogP contribution in [0, 0.1) is 0 Å². The molecule has 4 heteroatoms. The zero-order chi connectivity index (χ0) is 9.10. The maximum absolute atomic E-state index is 4.97. The minimum Gasteiger partial charge on any atom is -0.410 e. The number of aromatic amines is 1. The second-order valence-corrected chi connectivity index (χ2v) is 2.58. The Bertz CT molecular complexity index is 366. The molecule has 3 N–H and O–H groups in total. The van der Waals surface area contributed by atoms with Gasteiger partial charge in [0.15, 0.2) is 5.75 Å². The topological polar surface area (TPSA) is 63.9 Å². The molecule has 0 amide bonds. The van der Waals surface area contributed by atoms with Gasteiger partial charge in [-0.15, -0.1) is 0 Å². The van der Waals surface area contributed by atoms with E-state index in [0.29, 0.717) is 5.75 Å². The van der Waals surface area contributed by atoms with Gasteiger partial charge in [-0.1, -0.05) is 0 Å². The van der Waals surface area contributed by atoms with Crippen LogP contribution < -0.4 is 10.7 Å².